The number of rotatable bonds is 3. The first-order valence-corrected chi connectivity index (χ1v) is 9.95. The Balaban J connectivity index is 0.00000243. The van der Waals surface area contributed by atoms with Crippen LogP contribution in [0.1, 0.15) is 44.6 Å². The molecule has 1 amide bonds. The summed E-state index contributed by atoms with van der Waals surface area (Å²) in [6.07, 6.45) is 1.50. The van der Waals surface area contributed by atoms with Gasteiger partial charge in [-0.3, -0.25) is 9.79 Å². The van der Waals surface area contributed by atoms with E-state index in [2.05, 4.69) is 54.4 Å². The zero-order valence-electron chi connectivity index (χ0n) is 16.5. The molecule has 0 saturated carbocycles. The Morgan fingerprint density at radius 3 is 2.69 bits per heavy atom. The number of nitrogens with one attached hydrogen (secondary N) is 1. The smallest absolute Gasteiger partial charge is 0.224 e. The van der Waals surface area contributed by atoms with E-state index in [0.717, 1.165) is 32.0 Å². The second kappa shape index (κ2) is 8.04. The molecule has 0 aromatic carbocycles. The van der Waals surface area contributed by atoms with E-state index in [1.165, 1.54) is 10.4 Å². The molecule has 1 aromatic heterocycles. The Bertz CT molecular complexity index is 683. The van der Waals surface area contributed by atoms with Crippen molar-refractivity contribution in [1.82, 2.24) is 15.1 Å². The highest BCUT2D eigenvalue weighted by Crippen LogP contribution is 2.46. The second-order valence-corrected chi connectivity index (χ2v) is 9.19. The normalized spacial score (nSPS) is 20.7. The van der Waals surface area contributed by atoms with Crippen molar-refractivity contribution in [1.29, 1.82) is 0 Å². The number of carbonyl (C=O) groups is 1. The minimum Gasteiger partial charge on any atom is -0.356 e. The molecule has 26 heavy (non-hydrogen) atoms. The predicted molar refractivity (Wildman–Crippen MR) is 119 cm³/mol. The van der Waals surface area contributed by atoms with E-state index in [-0.39, 0.29) is 40.8 Å². The lowest BCUT2D eigenvalue weighted by Crippen LogP contribution is -2.72. The molecule has 5 nitrogen and oxygen atoms in total. The van der Waals surface area contributed by atoms with Crippen molar-refractivity contribution in [2.45, 2.75) is 52.6 Å². The van der Waals surface area contributed by atoms with Crippen molar-refractivity contribution in [2.75, 3.05) is 26.7 Å². The Morgan fingerprint density at radius 1 is 1.35 bits per heavy atom. The molecule has 0 spiro atoms. The number of aliphatic imine (C=N–C) groups is 1. The first-order chi connectivity index (χ1) is 11.8. The third-order valence-electron chi connectivity index (χ3n) is 6.13. The van der Waals surface area contributed by atoms with Crippen LogP contribution in [0.2, 0.25) is 0 Å². The van der Waals surface area contributed by atoms with E-state index in [0.29, 0.717) is 13.0 Å². The van der Waals surface area contributed by atoms with Crippen molar-refractivity contribution >= 4 is 47.2 Å². The molecule has 0 radical (unpaired) electrons. The van der Waals surface area contributed by atoms with Crippen LogP contribution in [0.3, 0.4) is 0 Å². The van der Waals surface area contributed by atoms with Crippen LogP contribution < -0.4 is 5.32 Å². The molecular weight excluding hydrogens is 459 g/mol. The number of hydrogen-bond acceptors (Lipinski definition) is 3. The summed E-state index contributed by atoms with van der Waals surface area (Å²) in [5, 5.41) is 5.50. The zero-order valence-corrected chi connectivity index (χ0v) is 19.6. The topological polar surface area (TPSA) is 47.9 Å². The van der Waals surface area contributed by atoms with Gasteiger partial charge < -0.3 is 15.1 Å². The van der Waals surface area contributed by atoms with Gasteiger partial charge in [0.1, 0.15) is 0 Å². The number of fused-ring (bicyclic) bond motifs is 1. The lowest BCUT2D eigenvalue weighted by molar-refractivity contribution is -0.131. The fourth-order valence-electron chi connectivity index (χ4n) is 3.60. The molecule has 0 aliphatic carbocycles. The van der Waals surface area contributed by atoms with Crippen molar-refractivity contribution < 1.29 is 4.79 Å². The van der Waals surface area contributed by atoms with Crippen molar-refractivity contribution in [3.63, 3.8) is 0 Å². The van der Waals surface area contributed by atoms with Gasteiger partial charge in [0.05, 0.1) is 0 Å². The molecule has 1 N–H and O–H groups in total. The first kappa shape index (κ1) is 21.5. The molecule has 1 fully saturated rings. The highest BCUT2D eigenvalue weighted by molar-refractivity contribution is 14.0. The number of halogens is 1. The summed E-state index contributed by atoms with van der Waals surface area (Å²) in [5.74, 6) is 1.12. The number of amides is 1. The van der Waals surface area contributed by atoms with Crippen LogP contribution in [-0.4, -0.2) is 53.9 Å². The second-order valence-electron chi connectivity index (χ2n) is 8.19. The number of guanidine groups is 1. The van der Waals surface area contributed by atoms with Gasteiger partial charge in [0, 0.05) is 55.5 Å². The largest absolute Gasteiger partial charge is 0.356 e. The number of thiophene rings is 1. The maximum Gasteiger partial charge on any atom is 0.224 e. The molecule has 1 saturated heterocycles. The van der Waals surface area contributed by atoms with Crippen molar-refractivity contribution in [3.8, 4) is 0 Å². The van der Waals surface area contributed by atoms with E-state index in [1.54, 1.807) is 11.3 Å². The molecule has 3 rings (SSSR count). The van der Waals surface area contributed by atoms with E-state index in [1.807, 2.05) is 11.9 Å². The average molecular weight is 490 g/mol. The quantitative estimate of drug-likeness (QED) is 0.402. The molecule has 0 unspecified atom stereocenters. The Hall–Kier alpha value is -0.830. The van der Waals surface area contributed by atoms with Gasteiger partial charge >= 0.3 is 0 Å². The van der Waals surface area contributed by atoms with Crippen LogP contribution in [0.15, 0.2) is 16.4 Å². The van der Waals surface area contributed by atoms with Crippen LogP contribution in [0, 0.1) is 5.41 Å². The summed E-state index contributed by atoms with van der Waals surface area (Å²) in [4.78, 5) is 22.6. The number of carbonyl (C=O) groups excluding carboxylic acids is 1. The van der Waals surface area contributed by atoms with E-state index >= 15 is 0 Å². The molecule has 0 atom stereocenters. The number of likely N-dealkylation sites (tertiary alicyclic amines) is 1. The molecule has 3 heterocycles. The average Bonchev–Trinajstić information content (AvgIpc) is 3.04. The van der Waals surface area contributed by atoms with Crippen LogP contribution in [0.5, 0.6) is 0 Å². The van der Waals surface area contributed by atoms with Gasteiger partial charge in [0.2, 0.25) is 5.91 Å². The fourth-order valence-corrected chi connectivity index (χ4v) is 4.49. The van der Waals surface area contributed by atoms with Gasteiger partial charge in [-0.15, -0.1) is 35.3 Å². The highest BCUT2D eigenvalue weighted by Gasteiger charge is 2.53. The minimum absolute atomic E-state index is 0. The summed E-state index contributed by atoms with van der Waals surface area (Å²) in [5.41, 5.74) is 1.66. The molecular formula is C19H31IN4OS. The maximum absolute atomic E-state index is 12.5. The van der Waals surface area contributed by atoms with Gasteiger partial charge in [-0.1, -0.05) is 13.8 Å². The van der Waals surface area contributed by atoms with Crippen LogP contribution in [-0.2, 0) is 17.8 Å². The molecule has 1 aromatic rings. The number of hydrogen-bond donors (Lipinski definition) is 1. The van der Waals surface area contributed by atoms with Crippen molar-refractivity contribution in [2.24, 2.45) is 10.4 Å². The number of nitrogens with zero attached hydrogens (tertiary/aromatic N) is 3. The SMILES string of the molecule is CN=C(NCCC(=O)N1CCc2sccc2C1)N1CC(C)(C)C1(C)C.I. The maximum atomic E-state index is 12.5. The summed E-state index contributed by atoms with van der Waals surface area (Å²) < 4.78 is 0. The van der Waals surface area contributed by atoms with Gasteiger partial charge in [0.15, 0.2) is 5.96 Å². The first-order valence-electron chi connectivity index (χ1n) is 9.07. The van der Waals surface area contributed by atoms with E-state index in [9.17, 15) is 4.79 Å². The van der Waals surface area contributed by atoms with Crippen LogP contribution in [0.25, 0.3) is 0 Å². The van der Waals surface area contributed by atoms with E-state index < -0.39 is 0 Å². The highest BCUT2D eigenvalue weighted by atomic mass is 127. The van der Waals surface area contributed by atoms with Crippen LogP contribution in [0.4, 0.5) is 0 Å². The monoisotopic (exact) mass is 490 g/mol. The lowest BCUT2D eigenvalue weighted by atomic mass is 9.65. The third-order valence-corrected chi connectivity index (χ3v) is 7.16. The Kier molecular flexibility index (Phi) is 6.64. The fraction of sp³-hybridized carbons (Fsp3) is 0.684. The summed E-state index contributed by atoms with van der Waals surface area (Å²) in [6, 6.07) is 2.15. The Labute approximate surface area is 178 Å². The standard InChI is InChI=1S/C19H30N4OS.HI/c1-18(2)13-23(19(18,3)4)17(20-5)21-9-6-16(24)22-10-7-15-14(12-22)8-11-25-15;/h8,11H,6-7,9-10,12-13H2,1-5H3,(H,20,21);1H. The third kappa shape index (κ3) is 3.88. The van der Waals surface area contributed by atoms with Gasteiger partial charge in [-0.25, -0.2) is 0 Å². The molecule has 2 aliphatic rings. The van der Waals surface area contributed by atoms with Gasteiger partial charge in [-0.05, 0) is 37.3 Å². The minimum atomic E-state index is 0. The van der Waals surface area contributed by atoms with Crippen molar-refractivity contribution in [3.05, 3.63) is 21.9 Å². The lowest BCUT2D eigenvalue weighted by Gasteiger charge is -2.62. The van der Waals surface area contributed by atoms with E-state index in [4.69, 9.17) is 0 Å². The molecule has 146 valence electrons. The summed E-state index contributed by atoms with van der Waals surface area (Å²) >= 11 is 1.80. The predicted octanol–water partition coefficient (Wildman–Crippen LogP) is 3.34. The van der Waals surface area contributed by atoms with Crippen LogP contribution >= 0.6 is 35.3 Å². The summed E-state index contributed by atoms with van der Waals surface area (Å²) in [7, 11) is 1.81. The zero-order chi connectivity index (χ0) is 18.2. The molecule has 7 heteroatoms. The molecule has 2 aliphatic heterocycles. The summed E-state index contributed by atoms with van der Waals surface area (Å²) in [6.45, 7) is 12.3. The Morgan fingerprint density at radius 2 is 2.08 bits per heavy atom. The van der Waals surface area contributed by atoms with Gasteiger partial charge in [0.25, 0.3) is 0 Å². The molecule has 0 bridgehead atoms. The van der Waals surface area contributed by atoms with Gasteiger partial charge in [-0.2, -0.15) is 0 Å².